The fourth-order valence-corrected chi connectivity index (χ4v) is 4.24. The van der Waals surface area contributed by atoms with Crippen LogP contribution in [0.5, 0.6) is 0 Å². The Morgan fingerprint density at radius 2 is 0.750 bits per heavy atom. The Hall–Kier alpha value is -2.02. The van der Waals surface area contributed by atoms with Gasteiger partial charge in [0.15, 0.2) is 12.1 Å². The molecule has 0 amide bonds. The van der Waals surface area contributed by atoms with Crippen LogP contribution in [0, 0.1) is 0 Å². The highest BCUT2D eigenvalue weighted by Crippen LogP contribution is 2.14. The molecule has 0 unspecified atom stereocenters. The molecule has 4 N–H and O–H groups in total. The largest absolute Gasteiger partial charge is 1.00 e. The van der Waals surface area contributed by atoms with E-state index in [0.717, 1.165) is 35.9 Å². The molecule has 0 aromatic carbocycles. The van der Waals surface area contributed by atoms with Gasteiger partial charge in [-0.15, -0.1) is 0 Å². The molecule has 0 radical (unpaired) electrons. The lowest BCUT2D eigenvalue weighted by Gasteiger charge is -2.15. The number of nitrogens with two attached hydrogens (primary N) is 2. The van der Waals surface area contributed by atoms with Gasteiger partial charge in [-0.1, -0.05) is 24.3 Å². The molecule has 0 saturated carbocycles. The molecule has 6 nitrogen and oxygen atoms in total. The summed E-state index contributed by atoms with van der Waals surface area (Å²) in [6, 6.07) is 24.7. The Balaban J connectivity index is 0.00000228. The molecule has 4 aromatic heterocycles. The van der Waals surface area contributed by atoms with Gasteiger partial charge in [0.05, 0.1) is 13.1 Å². The SMILES string of the molecule is [I-].[I-].c1ccc(C([NH2+]CCCCCC[NH2+]C(c2ccccn2)c2ccccn2)c2ccccn2)nc1. The zero-order chi connectivity index (χ0) is 23.3. The van der Waals surface area contributed by atoms with Gasteiger partial charge in [0.1, 0.15) is 22.8 Å². The minimum absolute atomic E-state index is 0. The van der Waals surface area contributed by atoms with Gasteiger partial charge in [-0.3, -0.25) is 19.9 Å². The molecule has 4 heterocycles. The number of hydrogen-bond donors (Lipinski definition) is 2. The monoisotopic (exact) mass is 708 g/mol. The third-order valence-electron chi connectivity index (χ3n) is 5.99. The minimum atomic E-state index is 0. The summed E-state index contributed by atoms with van der Waals surface area (Å²) in [6.07, 6.45) is 12.2. The molecule has 8 heteroatoms. The fourth-order valence-electron chi connectivity index (χ4n) is 4.24. The standard InChI is InChI=1S/C28H32N6.2HI/c1(7-21-33-27(23-13-3-9-17-29-23)24-14-4-10-18-30-24)2-8-22-34-28(25-15-5-11-19-31-25)26-16-6-12-20-32-26;;/h3-6,9-20,27-28,33-34H,1-2,7-8,21-22H2;2*1H. The van der Waals surface area contributed by atoms with E-state index in [1.54, 1.807) is 0 Å². The number of pyridine rings is 4. The summed E-state index contributed by atoms with van der Waals surface area (Å²) in [5.41, 5.74) is 4.24. The molecule has 0 aliphatic heterocycles. The van der Waals surface area contributed by atoms with E-state index in [1.807, 2.05) is 73.3 Å². The molecule has 0 spiro atoms. The van der Waals surface area contributed by atoms with E-state index in [-0.39, 0.29) is 60.0 Å². The number of quaternary nitrogens is 2. The van der Waals surface area contributed by atoms with Gasteiger partial charge in [-0.25, -0.2) is 0 Å². The maximum absolute atomic E-state index is 4.58. The first-order valence-electron chi connectivity index (χ1n) is 12.2. The molecule has 0 aliphatic rings. The zero-order valence-corrected chi connectivity index (χ0v) is 24.6. The van der Waals surface area contributed by atoms with Crippen LogP contribution in [0.25, 0.3) is 0 Å². The Morgan fingerprint density at radius 3 is 1.00 bits per heavy atom. The molecule has 36 heavy (non-hydrogen) atoms. The number of unbranched alkanes of at least 4 members (excludes halogenated alkanes) is 3. The van der Waals surface area contributed by atoms with Crippen LogP contribution in [-0.2, 0) is 0 Å². The van der Waals surface area contributed by atoms with Crippen LogP contribution in [0.1, 0.15) is 60.5 Å². The predicted octanol–water partition coefficient (Wildman–Crippen LogP) is -3.16. The quantitative estimate of drug-likeness (QED) is 0.114. The van der Waals surface area contributed by atoms with Crippen LogP contribution >= 0.6 is 0 Å². The molecular formula is C28H34I2N6. The molecule has 0 atom stereocenters. The Kier molecular flexibility index (Phi) is 14.6. The summed E-state index contributed by atoms with van der Waals surface area (Å²) in [4.78, 5) is 18.3. The second-order valence-corrected chi connectivity index (χ2v) is 8.44. The highest BCUT2D eigenvalue weighted by Gasteiger charge is 2.20. The fraction of sp³-hybridized carbons (Fsp3) is 0.286. The predicted molar refractivity (Wildman–Crippen MR) is 133 cm³/mol. The van der Waals surface area contributed by atoms with E-state index in [9.17, 15) is 0 Å². The summed E-state index contributed by atoms with van der Waals surface area (Å²) in [5, 5.41) is 4.74. The molecule has 0 aliphatic carbocycles. The molecule has 4 rings (SSSR count). The topological polar surface area (TPSA) is 84.8 Å². The van der Waals surface area contributed by atoms with Crippen LogP contribution in [-0.4, -0.2) is 33.0 Å². The lowest BCUT2D eigenvalue weighted by atomic mass is 10.1. The van der Waals surface area contributed by atoms with Crippen molar-refractivity contribution in [3.8, 4) is 0 Å². The van der Waals surface area contributed by atoms with E-state index in [4.69, 9.17) is 0 Å². The van der Waals surface area contributed by atoms with Gasteiger partial charge in [0.2, 0.25) is 0 Å². The van der Waals surface area contributed by atoms with Crippen LogP contribution in [0.4, 0.5) is 0 Å². The molecule has 0 bridgehead atoms. The van der Waals surface area contributed by atoms with Gasteiger partial charge in [-0.05, 0) is 74.2 Å². The highest BCUT2D eigenvalue weighted by atomic mass is 127. The molecule has 0 fully saturated rings. The van der Waals surface area contributed by atoms with Crippen molar-refractivity contribution in [2.45, 2.75) is 37.8 Å². The van der Waals surface area contributed by atoms with Crippen LogP contribution in [0.15, 0.2) is 97.6 Å². The Morgan fingerprint density at radius 1 is 0.444 bits per heavy atom. The number of halogens is 2. The van der Waals surface area contributed by atoms with Crippen molar-refractivity contribution in [2.75, 3.05) is 13.1 Å². The highest BCUT2D eigenvalue weighted by molar-refractivity contribution is 5.19. The first-order valence-corrected chi connectivity index (χ1v) is 12.2. The average molecular weight is 708 g/mol. The van der Waals surface area contributed by atoms with Crippen molar-refractivity contribution >= 4 is 0 Å². The molecular weight excluding hydrogens is 674 g/mol. The minimum Gasteiger partial charge on any atom is -1.00 e. The van der Waals surface area contributed by atoms with E-state index in [1.165, 1.54) is 25.7 Å². The van der Waals surface area contributed by atoms with Crippen molar-refractivity contribution in [3.63, 3.8) is 0 Å². The van der Waals surface area contributed by atoms with Crippen molar-refractivity contribution in [1.82, 2.24) is 19.9 Å². The lowest BCUT2D eigenvalue weighted by molar-refractivity contribution is -0.689. The first kappa shape index (κ1) is 30.2. The number of hydrogen-bond acceptors (Lipinski definition) is 4. The van der Waals surface area contributed by atoms with E-state index >= 15 is 0 Å². The van der Waals surface area contributed by atoms with Gasteiger partial charge < -0.3 is 58.6 Å². The third-order valence-corrected chi connectivity index (χ3v) is 5.99. The number of nitrogens with zero attached hydrogens (tertiary/aromatic N) is 4. The zero-order valence-electron chi connectivity index (χ0n) is 20.3. The second kappa shape index (κ2) is 17.4. The lowest BCUT2D eigenvalue weighted by Crippen LogP contribution is -3.00. The van der Waals surface area contributed by atoms with Crippen molar-refractivity contribution in [2.24, 2.45) is 0 Å². The van der Waals surface area contributed by atoms with E-state index < -0.39 is 0 Å². The molecule has 0 saturated heterocycles. The maximum Gasteiger partial charge on any atom is 0.171 e. The molecule has 4 aromatic rings. The first-order chi connectivity index (χ1) is 16.9. The summed E-state index contributed by atoms with van der Waals surface area (Å²) in [5.74, 6) is 0. The van der Waals surface area contributed by atoms with Gasteiger partial charge in [0, 0.05) is 24.8 Å². The normalized spacial score (nSPS) is 10.6. The van der Waals surface area contributed by atoms with Gasteiger partial charge in [-0.2, -0.15) is 0 Å². The average Bonchev–Trinajstić information content (AvgIpc) is 2.92. The second-order valence-electron chi connectivity index (χ2n) is 8.44. The van der Waals surface area contributed by atoms with Crippen LogP contribution in [0.3, 0.4) is 0 Å². The van der Waals surface area contributed by atoms with Gasteiger partial charge >= 0.3 is 0 Å². The molecule has 190 valence electrons. The summed E-state index contributed by atoms with van der Waals surface area (Å²) < 4.78 is 0. The van der Waals surface area contributed by atoms with Crippen LogP contribution < -0.4 is 58.6 Å². The number of rotatable bonds is 13. The van der Waals surface area contributed by atoms with Crippen molar-refractivity contribution < 1.29 is 58.6 Å². The maximum atomic E-state index is 4.58. The number of aromatic nitrogens is 4. The van der Waals surface area contributed by atoms with E-state index in [0.29, 0.717) is 0 Å². The summed E-state index contributed by atoms with van der Waals surface area (Å²) >= 11 is 0. The van der Waals surface area contributed by atoms with E-state index in [2.05, 4.69) is 54.8 Å². The van der Waals surface area contributed by atoms with Gasteiger partial charge in [0.25, 0.3) is 0 Å². The smallest absolute Gasteiger partial charge is 0.171 e. The summed E-state index contributed by atoms with van der Waals surface area (Å²) in [6.45, 7) is 2.12. The summed E-state index contributed by atoms with van der Waals surface area (Å²) in [7, 11) is 0. The van der Waals surface area contributed by atoms with Crippen LogP contribution in [0.2, 0.25) is 0 Å². The Labute approximate surface area is 248 Å². The Bertz CT molecular complexity index is 904. The third kappa shape index (κ3) is 9.45. The van der Waals surface area contributed by atoms with Crippen molar-refractivity contribution in [1.29, 1.82) is 0 Å². The van der Waals surface area contributed by atoms with Crippen molar-refractivity contribution in [3.05, 3.63) is 120 Å².